The van der Waals surface area contributed by atoms with Crippen molar-refractivity contribution in [2.45, 2.75) is 56.4 Å². The van der Waals surface area contributed by atoms with Crippen LogP contribution < -0.4 is 16.0 Å². The number of nitrogens with one attached hydrogen (secondary N) is 2. The summed E-state index contributed by atoms with van der Waals surface area (Å²) in [5, 5.41) is 0. The highest BCUT2D eigenvalue weighted by molar-refractivity contribution is 7.89. The molecule has 0 aromatic carbocycles. The summed E-state index contributed by atoms with van der Waals surface area (Å²) in [7, 11) is -3.51. The highest BCUT2D eigenvalue weighted by atomic mass is 32.2. The number of sulfonamides is 1. The number of nitrogen functional groups attached to an aromatic ring is 1. The molecular formula is C14H24N4O2S. The fourth-order valence-electron chi connectivity index (χ4n) is 2.92. The number of aromatic nitrogens is 1. The second kappa shape index (κ2) is 7.20. The molecule has 1 aromatic rings. The molecule has 1 aliphatic rings. The Hall–Kier alpha value is -1.18. The lowest BCUT2D eigenvalue weighted by Crippen LogP contribution is -2.37. The van der Waals surface area contributed by atoms with Crippen molar-refractivity contribution in [2.75, 3.05) is 5.43 Å². The van der Waals surface area contributed by atoms with E-state index in [0.717, 1.165) is 31.6 Å². The van der Waals surface area contributed by atoms with Gasteiger partial charge in [-0.05, 0) is 37.7 Å². The number of anilines is 1. The van der Waals surface area contributed by atoms with Crippen molar-refractivity contribution in [3.8, 4) is 0 Å². The first-order valence-corrected chi connectivity index (χ1v) is 8.98. The van der Waals surface area contributed by atoms with Gasteiger partial charge in [-0.3, -0.25) is 0 Å². The van der Waals surface area contributed by atoms with Gasteiger partial charge in [-0.1, -0.05) is 19.8 Å². The zero-order valence-electron chi connectivity index (χ0n) is 12.4. The summed E-state index contributed by atoms with van der Waals surface area (Å²) in [5.41, 5.74) is 2.36. The summed E-state index contributed by atoms with van der Waals surface area (Å²) < 4.78 is 27.5. The summed E-state index contributed by atoms with van der Waals surface area (Å²) in [5.74, 6) is 6.35. The summed E-state index contributed by atoms with van der Waals surface area (Å²) in [4.78, 5) is 4.12. The fraction of sp³-hybridized carbons (Fsp3) is 0.643. The fourth-order valence-corrected chi connectivity index (χ4v) is 4.24. The molecule has 0 spiro atoms. The standard InChI is InChI=1S/C14H24N4O2S/c1-2-3-11-4-6-12(7-5-11)18-21(19,20)13-8-9-16-14(10-13)17-15/h8-12,18H,2-7,15H2,1H3,(H,16,17). The van der Waals surface area contributed by atoms with Gasteiger partial charge in [0.25, 0.3) is 0 Å². The Morgan fingerprint density at radius 1 is 1.33 bits per heavy atom. The van der Waals surface area contributed by atoms with E-state index in [9.17, 15) is 8.42 Å². The van der Waals surface area contributed by atoms with Crippen LogP contribution in [0.2, 0.25) is 0 Å². The highest BCUT2D eigenvalue weighted by Gasteiger charge is 2.25. The maximum atomic E-state index is 12.4. The van der Waals surface area contributed by atoms with Crippen molar-refractivity contribution in [3.05, 3.63) is 18.3 Å². The molecule has 2 rings (SSSR count). The molecule has 0 amide bonds. The predicted octanol–water partition coefficient (Wildman–Crippen LogP) is 2.00. The van der Waals surface area contributed by atoms with Gasteiger partial charge in [0.1, 0.15) is 5.82 Å². The number of pyridine rings is 1. The number of nitrogens with zero attached hydrogens (tertiary/aromatic N) is 1. The van der Waals surface area contributed by atoms with Crippen LogP contribution in [0, 0.1) is 5.92 Å². The van der Waals surface area contributed by atoms with Gasteiger partial charge in [-0.15, -0.1) is 0 Å². The molecule has 1 aromatic heterocycles. The third-order valence-electron chi connectivity index (χ3n) is 4.06. The molecule has 6 nitrogen and oxygen atoms in total. The minimum Gasteiger partial charge on any atom is -0.308 e. The first kappa shape index (κ1) is 16.2. The zero-order chi connectivity index (χ0) is 15.3. The predicted molar refractivity (Wildman–Crippen MR) is 83.0 cm³/mol. The van der Waals surface area contributed by atoms with Gasteiger partial charge in [-0.25, -0.2) is 24.0 Å². The van der Waals surface area contributed by atoms with E-state index in [1.54, 1.807) is 0 Å². The topological polar surface area (TPSA) is 97.1 Å². The Labute approximate surface area is 126 Å². The van der Waals surface area contributed by atoms with Crippen LogP contribution in [0.15, 0.2) is 23.2 Å². The molecule has 0 unspecified atom stereocenters. The molecule has 21 heavy (non-hydrogen) atoms. The van der Waals surface area contributed by atoms with E-state index in [1.165, 1.54) is 31.2 Å². The lowest BCUT2D eigenvalue weighted by atomic mass is 9.84. The molecule has 1 saturated carbocycles. The molecular weight excluding hydrogens is 288 g/mol. The van der Waals surface area contributed by atoms with E-state index in [1.807, 2.05) is 0 Å². The maximum absolute atomic E-state index is 12.4. The van der Waals surface area contributed by atoms with E-state index in [-0.39, 0.29) is 10.9 Å². The number of hydrogen-bond acceptors (Lipinski definition) is 5. The maximum Gasteiger partial charge on any atom is 0.241 e. The minimum atomic E-state index is -3.51. The number of rotatable bonds is 6. The third-order valence-corrected chi connectivity index (χ3v) is 5.57. The van der Waals surface area contributed by atoms with Gasteiger partial charge in [0.05, 0.1) is 4.90 Å². The quantitative estimate of drug-likeness (QED) is 0.551. The molecule has 0 atom stereocenters. The Kier molecular flexibility index (Phi) is 5.55. The van der Waals surface area contributed by atoms with Crippen molar-refractivity contribution in [1.29, 1.82) is 0 Å². The summed E-state index contributed by atoms with van der Waals surface area (Å²) in [6.45, 7) is 2.20. The Morgan fingerprint density at radius 3 is 2.67 bits per heavy atom. The van der Waals surface area contributed by atoms with Crippen LogP contribution in [-0.2, 0) is 10.0 Å². The van der Waals surface area contributed by atoms with Crippen LogP contribution in [0.5, 0.6) is 0 Å². The largest absolute Gasteiger partial charge is 0.308 e. The van der Waals surface area contributed by atoms with Crippen LogP contribution in [0.25, 0.3) is 0 Å². The van der Waals surface area contributed by atoms with Crippen molar-refractivity contribution >= 4 is 15.8 Å². The monoisotopic (exact) mass is 312 g/mol. The molecule has 4 N–H and O–H groups in total. The molecule has 0 saturated heterocycles. The summed E-state index contributed by atoms with van der Waals surface area (Å²) >= 11 is 0. The second-order valence-electron chi connectivity index (χ2n) is 5.65. The lowest BCUT2D eigenvalue weighted by Gasteiger charge is -2.28. The van der Waals surface area contributed by atoms with E-state index in [4.69, 9.17) is 5.84 Å². The molecule has 1 heterocycles. The average molecular weight is 312 g/mol. The zero-order valence-corrected chi connectivity index (χ0v) is 13.2. The molecule has 1 aliphatic carbocycles. The van der Waals surface area contributed by atoms with Crippen molar-refractivity contribution in [1.82, 2.24) is 9.71 Å². The number of hydrogen-bond donors (Lipinski definition) is 3. The summed E-state index contributed by atoms with van der Waals surface area (Å²) in [6, 6.07) is 2.95. The van der Waals surface area contributed by atoms with Crippen LogP contribution in [-0.4, -0.2) is 19.4 Å². The first-order chi connectivity index (χ1) is 10.0. The van der Waals surface area contributed by atoms with Crippen LogP contribution in [0.3, 0.4) is 0 Å². The van der Waals surface area contributed by atoms with Crippen molar-refractivity contribution < 1.29 is 8.42 Å². The molecule has 7 heteroatoms. The van der Waals surface area contributed by atoms with Gasteiger partial charge in [0.15, 0.2) is 0 Å². The van der Waals surface area contributed by atoms with Crippen molar-refractivity contribution in [3.63, 3.8) is 0 Å². The van der Waals surface area contributed by atoms with Crippen molar-refractivity contribution in [2.24, 2.45) is 11.8 Å². The van der Waals surface area contributed by atoms with E-state index in [2.05, 4.69) is 22.1 Å². The van der Waals surface area contributed by atoms with E-state index >= 15 is 0 Å². The normalized spacial score (nSPS) is 23.0. The van der Waals surface area contributed by atoms with Crippen LogP contribution >= 0.6 is 0 Å². The SMILES string of the molecule is CCCC1CCC(NS(=O)(=O)c2ccnc(NN)c2)CC1. The Balaban J connectivity index is 1.98. The number of nitrogens with two attached hydrogens (primary N) is 1. The molecule has 0 radical (unpaired) electrons. The van der Waals surface area contributed by atoms with Gasteiger partial charge < -0.3 is 5.43 Å². The van der Waals surface area contributed by atoms with E-state index in [0.29, 0.717) is 5.82 Å². The lowest BCUT2D eigenvalue weighted by molar-refractivity contribution is 0.297. The molecule has 118 valence electrons. The smallest absolute Gasteiger partial charge is 0.241 e. The molecule has 1 fully saturated rings. The highest BCUT2D eigenvalue weighted by Crippen LogP contribution is 2.28. The number of hydrazine groups is 1. The minimum absolute atomic E-state index is 0.0329. The Morgan fingerprint density at radius 2 is 2.05 bits per heavy atom. The van der Waals surface area contributed by atoms with Gasteiger partial charge in [0.2, 0.25) is 10.0 Å². The van der Waals surface area contributed by atoms with E-state index < -0.39 is 10.0 Å². The van der Waals surface area contributed by atoms with Gasteiger partial charge in [-0.2, -0.15) is 0 Å². The van der Waals surface area contributed by atoms with Gasteiger partial charge in [0, 0.05) is 18.3 Å². The average Bonchev–Trinajstić information content (AvgIpc) is 2.49. The molecule has 0 aliphatic heterocycles. The second-order valence-corrected chi connectivity index (χ2v) is 7.36. The first-order valence-electron chi connectivity index (χ1n) is 7.50. The third kappa shape index (κ3) is 4.39. The Bertz CT molecular complexity index is 554. The molecule has 0 bridgehead atoms. The van der Waals surface area contributed by atoms with Gasteiger partial charge >= 0.3 is 0 Å². The van der Waals surface area contributed by atoms with Crippen LogP contribution in [0.4, 0.5) is 5.82 Å². The van der Waals surface area contributed by atoms with Crippen LogP contribution in [0.1, 0.15) is 45.4 Å². The summed E-state index contributed by atoms with van der Waals surface area (Å²) in [6.07, 6.45) is 7.91.